The van der Waals surface area contributed by atoms with Gasteiger partial charge < -0.3 is 9.88 Å². The van der Waals surface area contributed by atoms with Gasteiger partial charge in [0.05, 0.1) is 29.0 Å². The fraction of sp³-hybridized carbons (Fsp3) is 0.115. The number of rotatable bonds is 5. The van der Waals surface area contributed by atoms with Crippen LogP contribution >= 0.6 is 11.3 Å². The molecule has 0 bridgehead atoms. The van der Waals surface area contributed by atoms with Crippen LogP contribution in [0.25, 0.3) is 38.1 Å². The summed E-state index contributed by atoms with van der Waals surface area (Å²) in [5.74, 6) is 0.637. The number of aromatic nitrogens is 6. The van der Waals surface area contributed by atoms with E-state index in [9.17, 15) is 4.79 Å². The molecule has 9 heteroatoms. The van der Waals surface area contributed by atoms with Crippen LogP contribution in [0.1, 0.15) is 18.7 Å². The Morgan fingerprint density at radius 1 is 1.00 bits per heavy atom. The fourth-order valence-corrected chi connectivity index (χ4v) is 5.02. The van der Waals surface area contributed by atoms with E-state index in [1.807, 2.05) is 73.3 Å². The van der Waals surface area contributed by atoms with Gasteiger partial charge in [-0.3, -0.25) is 9.36 Å². The molecule has 0 spiro atoms. The van der Waals surface area contributed by atoms with Gasteiger partial charge in [-0.25, -0.2) is 19.9 Å². The van der Waals surface area contributed by atoms with Crippen LogP contribution in [-0.4, -0.2) is 29.1 Å². The van der Waals surface area contributed by atoms with Crippen molar-refractivity contribution in [2.24, 2.45) is 7.05 Å². The topological polar surface area (TPSA) is 90.5 Å². The summed E-state index contributed by atoms with van der Waals surface area (Å²) in [7, 11) is 1.92. The van der Waals surface area contributed by atoms with Crippen molar-refractivity contribution in [3.05, 3.63) is 95.0 Å². The van der Waals surface area contributed by atoms with Crippen LogP contribution in [0.4, 0.5) is 5.82 Å². The third-order valence-electron chi connectivity index (χ3n) is 6.00. The second-order valence-electron chi connectivity index (χ2n) is 8.33. The summed E-state index contributed by atoms with van der Waals surface area (Å²) in [4.78, 5) is 32.6. The van der Waals surface area contributed by atoms with E-state index in [1.54, 1.807) is 16.4 Å². The van der Waals surface area contributed by atoms with Crippen LogP contribution < -0.4 is 10.9 Å². The molecule has 0 fully saturated rings. The minimum absolute atomic E-state index is 0.0971. The Kier molecular flexibility index (Phi) is 5.11. The Bertz CT molecular complexity index is 1740. The van der Waals surface area contributed by atoms with Gasteiger partial charge in [0.2, 0.25) is 0 Å². The molecular weight excluding hydrogens is 458 g/mol. The molecule has 6 aromatic rings. The SMILES string of the molecule is C[C@H](Nc1ncnc2scnc12)c1cc2cccc(-c3cn(C)cn3)c2c(=O)n1-c1ccccc1. The molecule has 0 radical (unpaired) electrons. The minimum atomic E-state index is -0.245. The van der Waals surface area contributed by atoms with E-state index < -0.39 is 0 Å². The van der Waals surface area contributed by atoms with Gasteiger partial charge >= 0.3 is 0 Å². The molecule has 0 saturated carbocycles. The Balaban J connectivity index is 1.57. The molecule has 0 unspecified atom stereocenters. The highest BCUT2D eigenvalue weighted by Crippen LogP contribution is 2.30. The van der Waals surface area contributed by atoms with Crippen LogP contribution in [0.2, 0.25) is 0 Å². The zero-order chi connectivity index (χ0) is 23.9. The molecule has 1 atom stereocenters. The summed E-state index contributed by atoms with van der Waals surface area (Å²) in [6.07, 6.45) is 5.19. The number of fused-ring (bicyclic) bond motifs is 2. The van der Waals surface area contributed by atoms with Gasteiger partial charge in [0.25, 0.3) is 5.56 Å². The van der Waals surface area contributed by atoms with Gasteiger partial charge in [-0.1, -0.05) is 36.4 Å². The molecule has 0 aliphatic carbocycles. The predicted octanol–water partition coefficient (Wildman–Crippen LogP) is 4.96. The molecule has 8 nitrogen and oxygen atoms in total. The average molecular weight is 480 g/mol. The molecule has 0 saturated heterocycles. The molecule has 2 aromatic carbocycles. The number of pyridine rings is 1. The third kappa shape index (κ3) is 3.66. The Morgan fingerprint density at radius 2 is 1.86 bits per heavy atom. The van der Waals surface area contributed by atoms with E-state index in [4.69, 9.17) is 0 Å². The molecule has 0 amide bonds. The number of hydrogen-bond donors (Lipinski definition) is 1. The lowest BCUT2D eigenvalue weighted by Gasteiger charge is -2.22. The van der Waals surface area contributed by atoms with E-state index in [1.165, 1.54) is 17.7 Å². The van der Waals surface area contributed by atoms with Crippen LogP contribution in [0.3, 0.4) is 0 Å². The summed E-state index contributed by atoms with van der Waals surface area (Å²) in [6, 6.07) is 17.4. The smallest absolute Gasteiger partial charge is 0.263 e. The number of nitrogens with one attached hydrogen (secondary N) is 1. The van der Waals surface area contributed by atoms with Gasteiger partial charge in [-0.2, -0.15) is 0 Å². The minimum Gasteiger partial charge on any atom is -0.360 e. The van der Waals surface area contributed by atoms with Crippen molar-refractivity contribution in [2.45, 2.75) is 13.0 Å². The van der Waals surface area contributed by atoms with Gasteiger partial charge in [0.15, 0.2) is 5.82 Å². The average Bonchev–Trinajstić information content (AvgIpc) is 3.53. The Labute approximate surface area is 204 Å². The summed E-state index contributed by atoms with van der Waals surface area (Å²) >= 11 is 1.46. The molecule has 1 N–H and O–H groups in total. The maximum Gasteiger partial charge on any atom is 0.263 e. The van der Waals surface area contributed by atoms with Crippen LogP contribution in [-0.2, 0) is 7.05 Å². The van der Waals surface area contributed by atoms with E-state index in [0.717, 1.165) is 38.4 Å². The monoisotopic (exact) mass is 479 g/mol. The van der Waals surface area contributed by atoms with Gasteiger partial charge in [0.1, 0.15) is 16.7 Å². The van der Waals surface area contributed by atoms with Gasteiger partial charge in [-0.05, 0) is 30.5 Å². The number of imidazole rings is 1. The number of para-hydroxylation sites is 1. The highest BCUT2D eigenvalue weighted by atomic mass is 32.1. The van der Waals surface area contributed by atoms with Gasteiger partial charge in [0, 0.05) is 30.2 Å². The van der Waals surface area contributed by atoms with Crippen molar-refractivity contribution >= 4 is 38.3 Å². The van der Waals surface area contributed by atoms with Crippen LogP contribution in [0, 0.1) is 0 Å². The molecule has 172 valence electrons. The quantitative estimate of drug-likeness (QED) is 0.376. The number of thiazole rings is 1. The van der Waals surface area contributed by atoms with Crippen molar-refractivity contribution in [3.8, 4) is 16.9 Å². The maximum atomic E-state index is 14.1. The number of aryl methyl sites for hydroxylation is 1. The second kappa shape index (κ2) is 8.44. The number of benzene rings is 2. The Morgan fingerprint density at radius 3 is 2.66 bits per heavy atom. The Hall–Kier alpha value is -4.37. The maximum absolute atomic E-state index is 14.1. The summed E-state index contributed by atoms with van der Waals surface area (Å²) in [5, 5.41) is 4.95. The van der Waals surface area contributed by atoms with E-state index in [0.29, 0.717) is 11.2 Å². The first-order valence-corrected chi connectivity index (χ1v) is 12.0. The second-order valence-corrected chi connectivity index (χ2v) is 9.17. The van der Waals surface area contributed by atoms with E-state index in [-0.39, 0.29) is 11.6 Å². The number of hydrogen-bond acceptors (Lipinski definition) is 7. The molecule has 4 aromatic heterocycles. The lowest BCUT2D eigenvalue weighted by Crippen LogP contribution is -2.26. The summed E-state index contributed by atoms with van der Waals surface area (Å²) in [5.41, 5.74) is 5.56. The van der Waals surface area contributed by atoms with Crippen LogP contribution in [0.15, 0.2) is 83.8 Å². The number of nitrogens with zero attached hydrogens (tertiary/aromatic N) is 6. The van der Waals surface area contributed by atoms with Crippen LogP contribution in [0.5, 0.6) is 0 Å². The highest BCUT2D eigenvalue weighted by molar-refractivity contribution is 7.16. The molecule has 4 heterocycles. The molecule has 6 rings (SSSR count). The van der Waals surface area contributed by atoms with Crippen molar-refractivity contribution in [1.82, 2.24) is 29.1 Å². The first-order chi connectivity index (χ1) is 17.1. The lowest BCUT2D eigenvalue weighted by molar-refractivity contribution is 0.774. The molecule has 0 aliphatic heterocycles. The van der Waals surface area contributed by atoms with Gasteiger partial charge in [-0.15, -0.1) is 11.3 Å². The predicted molar refractivity (Wildman–Crippen MR) is 139 cm³/mol. The summed E-state index contributed by atoms with van der Waals surface area (Å²) < 4.78 is 3.65. The van der Waals surface area contributed by atoms with E-state index in [2.05, 4.69) is 31.3 Å². The normalized spacial score (nSPS) is 12.3. The lowest BCUT2D eigenvalue weighted by atomic mass is 10.0. The van der Waals surface area contributed by atoms with E-state index >= 15 is 0 Å². The van der Waals surface area contributed by atoms with Crippen molar-refractivity contribution < 1.29 is 0 Å². The molecular formula is C26H21N7OS. The van der Waals surface area contributed by atoms with Crippen molar-refractivity contribution in [2.75, 3.05) is 5.32 Å². The zero-order valence-corrected chi connectivity index (χ0v) is 19.9. The molecule has 35 heavy (non-hydrogen) atoms. The standard InChI is InChI=1S/C26H21N7OS/c1-16(31-24-23-25(28-13-27-24)35-15-30-23)21-11-17-7-6-10-19(20-12-32(2)14-29-20)22(17)26(34)33(21)18-8-4-3-5-9-18/h3-16H,1-2H3,(H,27,28,31)/t16-/m0/s1. The zero-order valence-electron chi connectivity index (χ0n) is 19.1. The largest absolute Gasteiger partial charge is 0.360 e. The fourth-order valence-electron chi connectivity index (χ4n) is 4.39. The highest BCUT2D eigenvalue weighted by Gasteiger charge is 2.20. The first kappa shape index (κ1) is 21.2. The summed E-state index contributed by atoms with van der Waals surface area (Å²) in [6.45, 7) is 2.02. The van der Waals surface area contributed by atoms with Crippen molar-refractivity contribution in [1.29, 1.82) is 0 Å². The first-order valence-electron chi connectivity index (χ1n) is 11.1. The molecule has 0 aliphatic rings. The number of anilines is 1. The third-order valence-corrected chi connectivity index (χ3v) is 6.74. The van der Waals surface area contributed by atoms with Crippen molar-refractivity contribution in [3.63, 3.8) is 0 Å².